The third-order valence-electron chi connectivity index (χ3n) is 4.84. The van der Waals surface area contributed by atoms with E-state index in [1.54, 1.807) is 31.4 Å². The zero-order valence-corrected chi connectivity index (χ0v) is 16.4. The van der Waals surface area contributed by atoms with Gasteiger partial charge in [0.25, 0.3) is 5.69 Å². The smallest absolute Gasteiger partial charge is 0.303 e. The lowest BCUT2D eigenvalue weighted by atomic mass is 9.98. The first kappa shape index (κ1) is 21.0. The molecule has 30 heavy (non-hydrogen) atoms. The fraction of sp³-hybridized carbons (Fsp3) is 0.286. The number of amides is 1. The van der Waals surface area contributed by atoms with Crippen LogP contribution in [-0.4, -0.2) is 39.7 Å². The molecule has 1 amide bonds. The molecule has 0 saturated carbocycles. The number of benzene rings is 2. The van der Waals surface area contributed by atoms with E-state index in [9.17, 15) is 19.7 Å². The predicted molar refractivity (Wildman–Crippen MR) is 108 cm³/mol. The van der Waals surface area contributed by atoms with E-state index in [0.29, 0.717) is 23.4 Å². The van der Waals surface area contributed by atoms with Crippen LogP contribution in [0.25, 0.3) is 0 Å². The zero-order chi connectivity index (χ0) is 21.7. The van der Waals surface area contributed by atoms with Gasteiger partial charge >= 0.3 is 5.97 Å². The number of methoxy groups -OCH3 is 1. The molecule has 9 nitrogen and oxygen atoms in total. The number of non-ortho nitro benzene ring substituents is 1. The summed E-state index contributed by atoms with van der Waals surface area (Å²) >= 11 is 0. The lowest BCUT2D eigenvalue weighted by Gasteiger charge is -2.22. The number of ether oxygens (including phenoxy) is 1. The highest BCUT2D eigenvalue weighted by Gasteiger charge is 2.33. The topological polar surface area (TPSA) is 122 Å². The van der Waals surface area contributed by atoms with Crippen LogP contribution in [0, 0.1) is 10.1 Å². The summed E-state index contributed by atoms with van der Waals surface area (Å²) in [5.74, 6) is -0.604. The van der Waals surface area contributed by atoms with Crippen LogP contribution in [0.1, 0.15) is 42.9 Å². The Morgan fingerprint density at radius 1 is 1.23 bits per heavy atom. The molecule has 0 aliphatic carbocycles. The van der Waals surface area contributed by atoms with Crippen LogP contribution >= 0.6 is 0 Å². The second-order valence-corrected chi connectivity index (χ2v) is 6.83. The number of nitro benzene ring substituents is 1. The molecule has 156 valence electrons. The van der Waals surface area contributed by atoms with E-state index in [4.69, 9.17) is 9.84 Å². The molecule has 0 saturated heterocycles. The van der Waals surface area contributed by atoms with Gasteiger partial charge in [0.15, 0.2) is 0 Å². The van der Waals surface area contributed by atoms with Crippen molar-refractivity contribution in [3.05, 3.63) is 69.8 Å². The number of carbonyl (C=O) groups is 2. The molecule has 2 aromatic carbocycles. The summed E-state index contributed by atoms with van der Waals surface area (Å²) in [4.78, 5) is 34.2. The molecular formula is C21H21N3O6. The number of carboxylic acids is 1. The Labute approximate surface area is 172 Å². The molecule has 1 atom stereocenters. The van der Waals surface area contributed by atoms with Crippen LogP contribution in [-0.2, 0) is 9.59 Å². The number of carboxylic acid groups (broad SMARTS) is 1. The van der Waals surface area contributed by atoms with Crippen LogP contribution in [0.15, 0.2) is 53.6 Å². The van der Waals surface area contributed by atoms with Crippen molar-refractivity contribution in [2.75, 3.05) is 7.11 Å². The number of hydrogen-bond donors (Lipinski definition) is 1. The molecule has 1 unspecified atom stereocenters. The fourth-order valence-corrected chi connectivity index (χ4v) is 3.31. The Hall–Kier alpha value is -3.75. The second-order valence-electron chi connectivity index (χ2n) is 6.83. The number of hydrogen-bond acceptors (Lipinski definition) is 6. The summed E-state index contributed by atoms with van der Waals surface area (Å²) in [6.45, 7) is 0. The van der Waals surface area contributed by atoms with Crippen molar-refractivity contribution in [1.82, 2.24) is 5.01 Å². The molecule has 3 rings (SSSR count). The maximum atomic E-state index is 12.8. The summed E-state index contributed by atoms with van der Waals surface area (Å²) in [5.41, 5.74) is 2.01. The normalized spacial score (nSPS) is 15.6. The molecule has 0 aromatic heterocycles. The summed E-state index contributed by atoms with van der Waals surface area (Å²) in [6.07, 6.45) is 0.491. The number of carbonyl (C=O) groups excluding carboxylic acids is 1. The van der Waals surface area contributed by atoms with Gasteiger partial charge in [0.1, 0.15) is 5.75 Å². The molecule has 0 bridgehead atoms. The average molecular weight is 411 g/mol. The zero-order valence-electron chi connectivity index (χ0n) is 16.4. The molecule has 1 aliphatic heterocycles. The van der Waals surface area contributed by atoms with Crippen molar-refractivity contribution >= 4 is 23.3 Å². The number of nitrogens with zero attached hydrogens (tertiary/aromatic N) is 3. The van der Waals surface area contributed by atoms with Gasteiger partial charge in [-0.05, 0) is 41.8 Å². The van der Waals surface area contributed by atoms with Crippen LogP contribution in [0.2, 0.25) is 0 Å². The fourth-order valence-electron chi connectivity index (χ4n) is 3.31. The van der Waals surface area contributed by atoms with Gasteiger partial charge in [0.05, 0.1) is 23.8 Å². The second kappa shape index (κ2) is 9.17. The minimum absolute atomic E-state index is 0.0249. The quantitative estimate of drug-likeness (QED) is 0.524. The van der Waals surface area contributed by atoms with Crippen molar-refractivity contribution in [3.8, 4) is 5.75 Å². The monoisotopic (exact) mass is 411 g/mol. The van der Waals surface area contributed by atoms with Gasteiger partial charge in [-0.2, -0.15) is 5.10 Å². The highest BCUT2D eigenvalue weighted by molar-refractivity contribution is 6.03. The Balaban J connectivity index is 1.89. The van der Waals surface area contributed by atoms with Gasteiger partial charge < -0.3 is 9.84 Å². The van der Waals surface area contributed by atoms with E-state index in [1.807, 2.05) is 12.1 Å². The Kier molecular flexibility index (Phi) is 6.41. The highest BCUT2D eigenvalue weighted by atomic mass is 16.6. The lowest BCUT2D eigenvalue weighted by Crippen LogP contribution is -2.27. The van der Waals surface area contributed by atoms with Crippen LogP contribution in [0.4, 0.5) is 5.69 Å². The van der Waals surface area contributed by atoms with E-state index in [0.717, 1.165) is 5.56 Å². The van der Waals surface area contributed by atoms with Crippen LogP contribution < -0.4 is 4.74 Å². The molecular weight excluding hydrogens is 390 g/mol. The summed E-state index contributed by atoms with van der Waals surface area (Å²) < 4.78 is 5.16. The van der Waals surface area contributed by atoms with Crippen LogP contribution in [0.5, 0.6) is 5.75 Å². The summed E-state index contributed by atoms with van der Waals surface area (Å²) in [5, 5.41) is 25.8. The molecule has 0 radical (unpaired) electrons. The lowest BCUT2D eigenvalue weighted by molar-refractivity contribution is -0.385. The van der Waals surface area contributed by atoms with Gasteiger partial charge in [-0.1, -0.05) is 12.1 Å². The number of nitro groups is 1. The predicted octanol–water partition coefficient (Wildman–Crippen LogP) is 3.54. The van der Waals surface area contributed by atoms with E-state index >= 15 is 0 Å². The molecule has 0 fully saturated rings. The molecule has 0 spiro atoms. The molecule has 1 N–H and O–H groups in total. The van der Waals surface area contributed by atoms with Crippen molar-refractivity contribution < 1.29 is 24.4 Å². The maximum absolute atomic E-state index is 12.8. The largest absolute Gasteiger partial charge is 0.497 e. The first-order valence-electron chi connectivity index (χ1n) is 9.39. The van der Waals surface area contributed by atoms with Crippen LogP contribution in [0.3, 0.4) is 0 Å². The highest BCUT2D eigenvalue weighted by Crippen LogP contribution is 2.35. The molecule has 9 heteroatoms. The van der Waals surface area contributed by atoms with Crippen molar-refractivity contribution in [2.45, 2.75) is 31.7 Å². The SMILES string of the molecule is COc1ccc(C2=NN(C(=O)CCCC(=O)O)C(c3cccc([N+](=O)[O-])c3)C2)cc1. The molecule has 1 aliphatic rings. The maximum Gasteiger partial charge on any atom is 0.303 e. The number of hydrazone groups is 1. The van der Waals surface area contributed by atoms with Crippen molar-refractivity contribution in [2.24, 2.45) is 5.10 Å². The van der Waals surface area contributed by atoms with E-state index in [2.05, 4.69) is 5.10 Å². The van der Waals surface area contributed by atoms with Crippen molar-refractivity contribution in [1.29, 1.82) is 0 Å². The van der Waals surface area contributed by atoms with Gasteiger partial charge in [-0.15, -0.1) is 0 Å². The van der Waals surface area contributed by atoms with Gasteiger partial charge in [-0.3, -0.25) is 19.7 Å². The number of rotatable bonds is 8. The number of aliphatic carboxylic acids is 1. The third-order valence-corrected chi connectivity index (χ3v) is 4.84. The first-order chi connectivity index (χ1) is 14.4. The Bertz CT molecular complexity index is 986. The minimum atomic E-state index is -0.970. The molecule has 1 heterocycles. The van der Waals surface area contributed by atoms with Gasteiger partial charge in [0, 0.05) is 31.4 Å². The van der Waals surface area contributed by atoms with E-state index in [1.165, 1.54) is 17.1 Å². The summed E-state index contributed by atoms with van der Waals surface area (Å²) in [7, 11) is 1.57. The van der Waals surface area contributed by atoms with E-state index in [-0.39, 0.29) is 30.9 Å². The third kappa shape index (κ3) is 4.80. The Morgan fingerprint density at radius 2 is 1.97 bits per heavy atom. The minimum Gasteiger partial charge on any atom is -0.497 e. The Morgan fingerprint density at radius 3 is 2.60 bits per heavy atom. The first-order valence-corrected chi connectivity index (χ1v) is 9.39. The van der Waals surface area contributed by atoms with E-state index < -0.39 is 16.9 Å². The molecule has 2 aromatic rings. The average Bonchev–Trinajstić information content (AvgIpc) is 3.19. The van der Waals surface area contributed by atoms with Gasteiger partial charge in [0.2, 0.25) is 5.91 Å². The summed E-state index contributed by atoms with van der Waals surface area (Å²) in [6, 6.07) is 12.9. The standard InChI is InChI=1S/C21H21N3O6/c1-30-17-10-8-14(9-11-17)18-13-19(15-4-2-5-16(12-15)24(28)29)23(22-18)20(25)6-3-7-21(26)27/h2,4-5,8-12,19H,3,6-7,13H2,1H3,(H,26,27). The van der Waals surface area contributed by atoms with Crippen molar-refractivity contribution in [3.63, 3.8) is 0 Å². The van der Waals surface area contributed by atoms with Gasteiger partial charge in [-0.25, -0.2) is 5.01 Å².